The fraction of sp³-hybridized carbons (Fsp3) is 0.100. The van der Waals surface area contributed by atoms with Crippen molar-refractivity contribution in [2.45, 2.75) is 12.5 Å². The summed E-state index contributed by atoms with van der Waals surface area (Å²) in [6, 6.07) is 25.9. The molecule has 0 saturated carbocycles. The Morgan fingerprint density at radius 3 is 2.09 bits per heavy atom. The second-order valence-electron chi connectivity index (χ2n) is 8.57. The minimum atomic E-state index is -0.503. The molecule has 6 rings (SSSR count). The van der Waals surface area contributed by atoms with Crippen molar-refractivity contribution in [1.82, 2.24) is 0 Å². The number of allylic oxidation sites excluding steroid dienone is 2. The first kappa shape index (κ1) is 21.1. The zero-order chi connectivity index (χ0) is 23.8. The van der Waals surface area contributed by atoms with Gasteiger partial charge in [-0.25, -0.2) is 14.6 Å². The molecule has 3 aromatic rings. The Hall–Kier alpha value is -4.51. The van der Waals surface area contributed by atoms with Gasteiger partial charge in [-0.05, 0) is 33.9 Å². The van der Waals surface area contributed by atoms with Crippen LogP contribution in [0.2, 0.25) is 0 Å². The van der Waals surface area contributed by atoms with Gasteiger partial charge in [0.05, 0.1) is 5.57 Å². The van der Waals surface area contributed by atoms with Crippen LogP contribution in [0.4, 0.5) is 0 Å². The highest BCUT2D eigenvalue weighted by molar-refractivity contribution is 6.46. The zero-order valence-corrected chi connectivity index (χ0v) is 18.8. The molecule has 0 bridgehead atoms. The van der Waals surface area contributed by atoms with Gasteiger partial charge in [0.15, 0.2) is 5.71 Å². The molecular weight excluding hydrogens is 438 g/mol. The highest BCUT2D eigenvalue weighted by atomic mass is 16.5. The molecule has 3 aromatic carbocycles. The third-order valence-corrected chi connectivity index (χ3v) is 6.54. The number of hydrogen-bond donors (Lipinski definition) is 0. The molecule has 35 heavy (non-hydrogen) atoms. The number of ether oxygens (including phenoxy) is 2. The first-order chi connectivity index (χ1) is 17.2. The van der Waals surface area contributed by atoms with E-state index in [1.54, 1.807) is 12.2 Å². The van der Waals surface area contributed by atoms with E-state index in [4.69, 9.17) is 9.47 Å². The summed E-state index contributed by atoms with van der Waals surface area (Å²) in [7, 11) is 0. The normalized spacial score (nSPS) is 15.3. The molecule has 0 N–H and O–H groups in total. The fourth-order valence-corrected chi connectivity index (χ4v) is 4.84. The van der Waals surface area contributed by atoms with Crippen LogP contribution >= 0.6 is 0 Å². The van der Waals surface area contributed by atoms with Crippen LogP contribution in [0.25, 0.3) is 11.1 Å². The van der Waals surface area contributed by atoms with Crippen LogP contribution in [0.15, 0.2) is 119 Å². The summed E-state index contributed by atoms with van der Waals surface area (Å²) >= 11 is 0. The number of carbonyl (C=O) groups is 2. The van der Waals surface area contributed by atoms with Gasteiger partial charge in [-0.3, -0.25) is 0 Å². The van der Waals surface area contributed by atoms with Crippen molar-refractivity contribution in [2.75, 3.05) is 6.61 Å². The van der Waals surface area contributed by atoms with Gasteiger partial charge in [-0.2, -0.15) is 0 Å². The molecule has 0 fully saturated rings. The quantitative estimate of drug-likeness (QED) is 0.470. The molecule has 1 heterocycles. The third-order valence-electron chi connectivity index (χ3n) is 6.54. The van der Waals surface area contributed by atoms with E-state index in [-0.39, 0.29) is 24.8 Å². The number of hydrogen-bond acceptors (Lipinski definition) is 5. The molecule has 0 radical (unpaired) electrons. The van der Waals surface area contributed by atoms with E-state index in [2.05, 4.69) is 29.3 Å². The van der Waals surface area contributed by atoms with Crippen LogP contribution in [0.5, 0.6) is 0 Å². The monoisotopic (exact) mass is 459 g/mol. The van der Waals surface area contributed by atoms with E-state index in [0.717, 1.165) is 16.7 Å². The van der Waals surface area contributed by atoms with Gasteiger partial charge in [0.25, 0.3) is 0 Å². The van der Waals surface area contributed by atoms with Crippen LogP contribution in [0.1, 0.15) is 22.6 Å². The summed E-state index contributed by atoms with van der Waals surface area (Å²) in [6.45, 7) is 0.396. The van der Waals surface area contributed by atoms with Crippen molar-refractivity contribution < 1.29 is 19.1 Å². The standard InChI is InChI=1S/C30H21NO4/c32-29(34-17-19-8-2-1-3-9-19)25-15-14-24-26(25)16-31-28(24)30(33)35-18-27-22-12-6-4-10-20(22)21-11-5-7-13-23(21)27/h1-16,27H,17-18H2. The van der Waals surface area contributed by atoms with Gasteiger partial charge in [-0.15, -0.1) is 0 Å². The predicted octanol–water partition coefficient (Wildman–Crippen LogP) is 5.29. The summed E-state index contributed by atoms with van der Waals surface area (Å²) in [6.07, 6.45) is 4.92. The Kier molecular flexibility index (Phi) is 5.23. The topological polar surface area (TPSA) is 65.0 Å². The maximum atomic E-state index is 13.0. The third kappa shape index (κ3) is 3.71. The molecule has 5 nitrogen and oxygen atoms in total. The molecule has 0 unspecified atom stereocenters. The number of benzene rings is 3. The first-order valence-corrected chi connectivity index (χ1v) is 11.5. The molecule has 3 aliphatic rings. The molecule has 0 amide bonds. The van der Waals surface area contributed by atoms with Crippen molar-refractivity contribution in [3.63, 3.8) is 0 Å². The molecule has 5 heteroatoms. The van der Waals surface area contributed by atoms with E-state index < -0.39 is 11.9 Å². The van der Waals surface area contributed by atoms with Crippen molar-refractivity contribution in [2.24, 2.45) is 4.99 Å². The van der Waals surface area contributed by atoms with Crippen molar-refractivity contribution >= 4 is 17.7 Å². The highest BCUT2D eigenvalue weighted by Gasteiger charge is 2.34. The van der Waals surface area contributed by atoms with Crippen LogP contribution in [-0.4, -0.2) is 24.3 Å². The lowest BCUT2D eigenvalue weighted by atomic mass is 9.98. The molecule has 0 atom stereocenters. The number of fused-ring (bicyclic) bond motifs is 4. The zero-order valence-electron chi connectivity index (χ0n) is 18.8. The summed E-state index contributed by atoms with van der Waals surface area (Å²) in [5.41, 5.74) is 7.34. The smallest absolute Gasteiger partial charge is 0.357 e. The number of esters is 2. The average molecular weight is 460 g/mol. The van der Waals surface area contributed by atoms with E-state index in [1.807, 2.05) is 54.6 Å². The minimum Gasteiger partial charge on any atom is -0.460 e. The maximum Gasteiger partial charge on any atom is 0.357 e. The van der Waals surface area contributed by atoms with Crippen LogP contribution < -0.4 is 0 Å². The van der Waals surface area contributed by atoms with E-state index in [9.17, 15) is 9.59 Å². The van der Waals surface area contributed by atoms with E-state index >= 15 is 0 Å². The maximum absolute atomic E-state index is 13.0. The van der Waals surface area contributed by atoms with Crippen LogP contribution in [0.3, 0.4) is 0 Å². The van der Waals surface area contributed by atoms with Crippen molar-refractivity contribution in [1.29, 1.82) is 0 Å². The molecule has 1 aliphatic heterocycles. The van der Waals surface area contributed by atoms with Gasteiger partial charge in [0, 0.05) is 23.3 Å². The molecule has 0 aromatic heterocycles. The average Bonchev–Trinajstić information content (AvgIpc) is 3.59. The summed E-state index contributed by atoms with van der Waals surface area (Å²) < 4.78 is 11.2. The lowest BCUT2D eigenvalue weighted by Gasteiger charge is -2.14. The van der Waals surface area contributed by atoms with E-state index in [0.29, 0.717) is 16.7 Å². The minimum absolute atomic E-state index is 0.0278. The Labute approximate surface area is 202 Å². The van der Waals surface area contributed by atoms with Crippen molar-refractivity contribution in [3.05, 3.63) is 131 Å². The highest BCUT2D eigenvalue weighted by Crippen LogP contribution is 2.44. The van der Waals surface area contributed by atoms with Gasteiger partial charge in [0.1, 0.15) is 13.2 Å². The largest absolute Gasteiger partial charge is 0.460 e. The number of aliphatic imine (C=N–C) groups is 1. The molecular formula is C30H21NO4. The second-order valence-corrected chi connectivity index (χ2v) is 8.57. The van der Waals surface area contributed by atoms with Gasteiger partial charge in [-0.1, -0.05) is 84.9 Å². The predicted molar refractivity (Wildman–Crippen MR) is 133 cm³/mol. The second kappa shape index (κ2) is 8.69. The number of carbonyl (C=O) groups excluding carboxylic acids is 2. The van der Waals surface area contributed by atoms with E-state index in [1.165, 1.54) is 17.3 Å². The van der Waals surface area contributed by atoms with Crippen LogP contribution in [-0.2, 0) is 25.7 Å². The Bertz CT molecular complexity index is 1430. The van der Waals surface area contributed by atoms with Crippen LogP contribution in [0, 0.1) is 0 Å². The molecule has 0 spiro atoms. The van der Waals surface area contributed by atoms with Gasteiger partial charge < -0.3 is 9.47 Å². The summed E-state index contributed by atoms with van der Waals surface area (Å²) in [4.78, 5) is 29.9. The Balaban J connectivity index is 1.10. The SMILES string of the molecule is O=C(OCc1ccccc1)C1=CC=C2C1=CN=C2C(=O)OCC1c2ccccc2-c2ccccc21. The fourth-order valence-electron chi connectivity index (χ4n) is 4.84. The van der Waals surface area contributed by atoms with Gasteiger partial charge in [0.2, 0.25) is 0 Å². The summed E-state index contributed by atoms with van der Waals surface area (Å²) in [5, 5.41) is 0. The Morgan fingerprint density at radius 2 is 1.37 bits per heavy atom. The number of rotatable bonds is 6. The first-order valence-electron chi connectivity index (χ1n) is 11.5. The molecule has 170 valence electrons. The molecule has 2 aliphatic carbocycles. The lowest BCUT2D eigenvalue weighted by Crippen LogP contribution is -2.21. The summed E-state index contributed by atoms with van der Waals surface area (Å²) in [5.74, 6) is -0.980. The van der Waals surface area contributed by atoms with Gasteiger partial charge >= 0.3 is 11.9 Å². The molecule has 0 saturated heterocycles. The number of nitrogens with zero attached hydrogens (tertiary/aromatic N) is 1. The van der Waals surface area contributed by atoms with Crippen molar-refractivity contribution in [3.8, 4) is 11.1 Å². The Morgan fingerprint density at radius 1 is 0.714 bits per heavy atom. The lowest BCUT2D eigenvalue weighted by molar-refractivity contribution is -0.140.